The molecule has 4 N–H and O–H groups in total. The van der Waals surface area contributed by atoms with E-state index in [-0.39, 0.29) is 0 Å². The van der Waals surface area contributed by atoms with E-state index < -0.39 is 0 Å². The van der Waals surface area contributed by atoms with Gasteiger partial charge in [-0.25, -0.2) is 9.97 Å². The molecule has 1 heterocycles. The van der Waals surface area contributed by atoms with Crippen LogP contribution in [0.3, 0.4) is 0 Å². The van der Waals surface area contributed by atoms with Crippen LogP contribution in [0.1, 0.15) is 18.1 Å². The van der Waals surface area contributed by atoms with Crippen molar-refractivity contribution < 1.29 is 4.74 Å². The number of rotatable bonds is 6. The predicted octanol–water partition coefficient (Wildman–Crippen LogP) is 4.56. The van der Waals surface area contributed by atoms with E-state index in [4.69, 9.17) is 10.5 Å². The number of nitrogen functional groups attached to an aromatic ring is 1. The summed E-state index contributed by atoms with van der Waals surface area (Å²) in [6, 6.07) is 13.8. The molecule has 0 saturated carbocycles. The summed E-state index contributed by atoms with van der Waals surface area (Å²) in [6.07, 6.45) is 1.49. The number of nitrogens with two attached hydrogens (primary N) is 1. The van der Waals surface area contributed by atoms with E-state index in [2.05, 4.69) is 33.6 Å². The van der Waals surface area contributed by atoms with Crippen LogP contribution in [-0.2, 0) is 0 Å². The van der Waals surface area contributed by atoms with Crippen molar-refractivity contribution in [3.63, 3.8) is 0 Å². The zero-order valence-electron chi connectivity index (χ0n) is 15.2. The number of anilines is 5. The molecule has 134 valence electrons. The Bertz CT molecular complexity index is 893. The Morgan fingerprint density at radius 1 is 0.962 bits per heavy atom. The van der Waals surface area contributed by atoms with Gasteiger partial charge in [-0.3, -0.25) is 0 Å². The van der Waals surface area contributed by atoms with Gasteiger partial charge >= 0.3 is 0 Å². The fourth-order valence-corrected chi connectivity index (χ4v) is 2.61. The van der Waals surface area contributed by atoms with Crippen LogP contribution in [0.25, 0.3) is 0 Å². The van der Waals surface area contributed by atoms with Gasteiger partial charge in [0.1, 0.15) is 17.8 Å². The highest BCUT2D eigenvalue weighted by Gasteiger charge is 2.10. The monoisotopic (exact) mass is 349 g/mol. The van der Waals surface area contributed by atoms with Crippen molar-refractivity contribution in [2.75, 3.05) is 23.0 Å². The first-order valence-electron chi connectivity index (χ1n) is 8.51. The largest absolute Gasteiger partial charge is 0.494 e. The van der Waals surface area contributed by atoms with Crippen molar-refractivity contribution in [1.29, 1.82) is 0 Å². The molecule has 0 aliphatic carbocycles. The van der Waals surface area contributed by atoms with Gasteiger partial charge in [0, 0.05) is 11.4 Å². The number of aromatic nitrogens is 2. The van der Waals surface area contributed by atoms with Crippen LogP contribution in [-0.4, -0.2) is 16.6 Å². The van der Waals surface area contributed by atoms with E-state index in [1.165, 1.54) is 11.9 Å². The molecule has 3 rings (SSSR count). The standard InChI is InChI=1S/C20H23N5O/c1-4-26-16-8-6-15(7-9-16)24-19-18(21)20(23-12-22-19)25-17-10-5-13(2)11-14(17)3/h5-12H,4,21H2,1-3H3,(H2,22,23,24,25). The molecule has 6 heteroatoms. The van der Waals surface area contributed by atoms with Gasteiger partial charge in [0.2, 0.25) is 0 Å². The van der Waals surface area contributed by atoms with Crippen LogP contribution in [0.15, 0.2) is 48.8 Å². The molecule has 3 aromatic rings. The second-order valence-electron chi connectivity index (χ2n) is 6.01. The highest BCUT2D eigenvalue weighted by molar-refractivity contribution is 5.80. The number of nitrogens with zero attached hydrogens (tertiary/aromatic N) is 2. The average Bonchev–Trinajstić information content (AvgIpc) is 2.62. The summed E-state index contributed by atoms with van der Waals surface area (Å²) in [6.45, 7) is 6.71. The van der Waals surface area contributed by atoms with Gasteiger partial charge in [0.25, 0.3) is 0 Å². The Kier molecular flexibility index (Phi) is 5.22. The van der Waals surface area contributed by atoms with E-state index in [1.54, 1.807) is 0 Å². The number of nitrogens with one attached hydrogen (secondary N) is 2. The van der Waals surface area contributed by atoms with Crippen LogP contribution in [0, 0.1) is 13.8 Å². The smallest absolute Gasteiger partial charge is 0.159 e. The summed E-state index contributed by atoms with van der Waals surface area (Å²) < 4.78 is 5.45. The molecule has 0 spiro atoms. The minimum absolute atomic E-state index is 0.460. The van der Waals surface area contributed by atoms with Gasteiger partial charge in [-0.2, -0.15) is 0 Å². The maximum Gasteiger partial charge on any atom is 0.159 e. The predicted molar refractivity (Wildman–Crippen MR) is 107 cm³/mol. The van der Waals surface area contributed by atoms with E-state index in [9.17, 15) is 0 Å². The van der Waals surface area contributed by atoms with Crippen LogP contribution in [0.4, 0.5) is 28.7 Å². The van der Waals surface area contributed by atoms with Crippen molar-refractivity contribution in [3.8, 4) is 5.75 Å². The number of benzene rings is 2. The lowest BCUT2D eigenvalue weighted by Gasteiger charge is -2.14. The Morgan fingerprint density at radius 2 is 1.65 bits per heavy atom. The number of hydrogen-bond donors (Lipinski definition) is 3. The summed E-state index contributed by atoms with van der Waals surface area (Å²) in [5.74, 6) is 1.95. The van der Waals surface area contributed by atoms with E-state index in [0.29, 0.717) is 23.9 Å². The van der Waals surface area contributed by atoms with E-state index in [0.717, 1.165) is 22.7 Å². The summed E-state index contributed by atoms with van der Waals surface area (Å²) in [5, 5.41) is 6.50. The quantitative estimate of drug-likeness (QED) is 0.605. The maximum absolute atomic E-state index is 6.26. The van der Waals surface area contributed by atoms with Gasteiger partial charge in [0.15, 0.2) is 11.6 Å². The minimum Gasteiger partial charge on any atom is -0.494 e. The molecule has 0 aliphatic rings. The summed E-state index contributed by atoms with van der Waals surface area (Å²) in [7, 11) is 0. The molecule has 0 amide bonds. The first kappa shape index (κ1) is 17.5. The molecule has 0 fully saturated rings. The maximum atomic E-state index is 6.26. The molecular formula is C20H23N5O. The first-order valence-corrected chi connectivity index (χ1v) is 8.51. The summed E-state index contributed by atoms with van der Waals surface area (Å²) >= 11 is 0. The van der Waals surface area contributed by atoms with Gasteiger partial charge < -0.3 is 21.1 Å². The molecule has 0 bridgehead atoms. The lowest BCUT2D eigenvalue weighted by atomic mass is 10.1. The van der Waals surface area contributed by atoms with Crippen LogP contribution >= 0.6 is 0 Å². The molecule has 26 heavy (non-hydrogen) atoms. The van der Waals surface area contributed by atoms with Gasteiger partial charge in [-0.1, -0.05) is 17.7 Å². The van der Waals surface area contributed by atoms with Gasteiger partial charge in [-0.05, 0) is 56.7 Å². The second-order valence-corrected chi connectivity index (χ2v) is 6.01. The molecule has 0 aliphatic heterocycles. The summed E-state index contributed by atoms with van der Waals surface area (Å²) in [4.78, 5) is 8.52. The third kappa shape index (κ3) is 4.03. The van der Waals surface area contributed by atoms with Gasteiger partial charge in [0.05, 0.1) is 6.61 Å². The van der Waals surface area contributed by atoms with Crippen molar-refractivity contribution in [2.45, 2.75) is 20.8 Å². The lowest BCUT2D eigenvalue weighted by molar-refractivity contribution is 0.340. The average molecular weight is 349 g/mol. The summed E-state index contributed by atoms with van der Waals surface area (Å²) in [5.41, 5.74) is 10.9. The van der Waals surface area contributed by atoms with E-state index in [1.807, 2.05) is 50.2 Å². The molecule has 0 radical (unpaired) electrons. The Morgan fingerprint density at radius 3 is 2.31 bits per heavy atom. The molecule has 1 aromatic heterocycles. The number of ether oxygens (including phenoxy) is 1. The second kappa shape index (κ2) is 7.74. The van der Waals surface area contributed by atoms with Gasteiger partial charge in [-0.15, -0.1) is 0 Å². The Labute approximate surface area is 153 Å². The fraction of sp³-hybridized carbons (Fsp3) is 0.200. The van der Waals surface area contributed by atoms with Crippen molar-refractivity contribution in [1.82, 2.24) is 9.97 Å². The Balaban J connectivity index is 1.80. The van der Waals surface area contributed by atoms with Crippen LogP contribution < -0.4 is 21.1 Å². The normalized spacial score (nSPS) is 10.4. The third-order valence-corrected chi connectivity index (χ3v) is 3.95. The van der Waals surface area contributed by atoms with Crippen molar-refractivity contribution >= 4 is 28.7 Å². The highest BCUT2D eigenvalue weighted by Crippen LogP contribution is 2.29. The number of aryl methyl sites for hydroxylation is 2. The van der Waals surface area contributed by atoms with Crippen molar-refractivity contribution in [3.05, 3.63) is 59.9 Å². The zero-order chi connectivity index (χ0) is 18.5. The first-order chi connectivity index (χ1) is 12.6. The molecule has 0 unspecified atom stereocenters. The number of hydrogen-bond acceptors (Lipinski definition) is 6. The third-order valence-electron chi connectivity index (χ3n) is 3.95. The molecule has 6 nitrogen and oxygen atoms in total. The Hall–Kier alpha value is -3.28. The highest BCUT2D eigenvalue weighted by atomic mass is 16.5. The topological polar surface area (TPSA) is 85.1 Å². The molecule has 0 saturated heterocycles. The zero-order valence-corrected chi connectivity index (χ0v) is 15.2. The SMILES string of the molecule is CCOc1ccc(Nc2ncnc(Nc3ccc(C)cc3C)c2N)cc1. The minimum atomic E-state index is 0.460. The molecule has 2 aromatic carbocycles. The van der Waals surface area contributed by atoms with Crippen LogP contribution in [0.2, 0.25) is 0 Å². The van der Waals surface area contributed by atoms with Crippen LogP contribution in [0.5, 0.6) is 5.75 Å². The lowest BCUT2D eigenvalue weighted by Crippen LogP contribution is -2.05. The fourth-order valence-electron chi connectivity index (χ4n) is 2.61. The van der Waals surface area contributed by atoms with Crippen molar-refractivity contribution in [2.24, 2.45) is 0 Å². The van der Waals surface area contributed by atoms with E-state index >= 15 is 0 Å². The molecule has 0 atom stereocenters. The molecular weight excluding hydrogens is 326 g/mol.